The number of carbonyl (C=O) groups is 2. The highest BCUT2D eigenvalue weighted by molar-refractivity contribution is 5.94. The first-order chi connectivity index (χ1) is 9.69. The third-order valence-corrected chi connectivity index (χ3v) is 2.70. The van der Waals surface area contributed by atoms with E-state index in [0.29, 0.717) is 13.2 Å². The van der Waals surface area contributed by atoms with Crippen molar-refractivity contribution >= 4 is 11.9 Å². The van der Waals surface area contributed by atoms with Crippen molar-refractivity contribution in [2.24, 2.45) is 0 Å². The van der Waals surface area contributed by atoms with E-state index in [1.165, 1.54) is 0 Å². The van der Waals surface area contributed by atoms with Gasteiger partial charge in [0.25, 0.3) is 0 Å². The molecule has 0 N–H and O–H groups in total. The van der Waals surface area contributed by atoms with Gasteiger partial charge in [-0.3, -0.25) is 0 Å². The minimum absolute atomic E-state index is 0.256. The van der Waals surface area contributed by atoms with Crippen molar-refractivity contribution in [3.8, 4) is 0 Å². The molecule has 1 aromatic carbocycles. The fraction of sp³-hybridized carbons (Fsp3) is 0.500. The number of unbranched alkanes of at least 4 members (excludes halogenated alkanes) is 2. The van der Waals surface area contributed by atoms with Crippen LogP contribution in [0, 0.1) is 6.07 Å². The molecule has 1 rings (SSSR count). The third-order valence-electron chi connectivity index (χ3n) is 2.70. The molecule has 0 fully saturated rings. The number of carbonyl (C=O) groups excluding carboxylic acids is 2. The summed E-state index contributed by atoms with van der Waals surface area (Å²) in [7, 11) is 0. The summed E-state index contributed by atoms with van der Waals surface area (Å²) in [6.45, 7) is 4.81. The lowest BCUT2D eigenvalue weighted by molar-refractivity contribution is 0.0497. The van der Waals surface area contributed by atoms with E-state index < -0.39 is 11.9 Å². The minimum Gasteiger partial charge on any atom is -0.462 e. The molecule has 0 atom stereocenters. The molecule has 0 aliphatic carbocycles. The quantitative estimate of drug-likeness (QED) is 0.540. The maximum atomic E-state index is 11.7. The van der Waals surface area contributed by atoms with E-state index in [9.17, 15) is 9.59 Å². The van der Waals surface area contributed by atoms with Gasteiger partial charge >= 0.3 is 11.9 Å². The van der Waals surface area contributed by atoms with E-state index >= 15 is 0 Å². The molecule has 0 bridgehead atoms. The zero-order chi connectivity index (χ0) is 14.8. The molecule has 109 valence electrons. The summed E-state index contributed by atoms with van der Waals surface area (Å²) in [4.78, 5) is 23.5. The molecule has 1 radical (unpaired) electrons. The SMILES string of the molecule is CCCCOC(=O)c1[c]c(C(=O)OCCCC)ccc1. The second-order valence-corrected chi connectivity index (χ2v) is 4.46. The average molecular weight is 277 g/mol. The van der Waals surface area contributed by atoms with Crippen LogP contribution in [0.1, 0.15) is 60.2 Å². The fourth-order valence-electron chi connectivity index (χ4n) is 1.48. The molecule has 4 heteroatoms. The maximum absolute atomic E-state index is 11.7. The smallest absolute Gasteiger partial charge is 0.338 e. The predicted octanol–water partition coefficient (Wildman–Crippen LogP) is 3.40. The molecule has 0 saturated heterocycles. The van der Waals surface area contributed by atoms with Crippen molar-refractivity contribution in [3.05, 3.63) is 35.4 Å². The molecule has 4 nitrogen and oxygen atoms in total. The van der Waals surface area contributed by atoms with Crippen LogP contribution in [0.4, 0.5) is 0 Å². The highest BCUT2D eigenvalue weighted by atomic mass is 16.5. The second kappa shape index (κ2) is 9.13. The normalized spacial score (nSPS) is 10.1. The van der Waals surface area contributed by atoms with Crippen molar-refractivity contribution in [2.45, 2.75) is 39.5 Å². The van der Waals surface area contributed by atoms with Gasteiger partial charge in [0.2, 0.25) is 0 Å². The Hall–Kier alpha value is -1.84. The number of hydrogen-bond donors (Lipinski definition) is 0. The van der Waals surface area contributed by atoms with E-state index in [1.807, 2.05) is 13.8 Å². The Balaban J connectivity index is 2.60. The van der Waals surface area contributed by atoms with E-state index in [-0.39, 0.29) is 11.1 Å². The van der Waals surface area contributed by atoms with Gasteiger partial charge in [-0.05, 0) is 25.0 Å². The Morgan fingerprint density at radius 1 is 0.950 bits per heavy atom. The summed E-state index contributed by atoms with van der Waals surface area (Å²) >= 11 is 0. The number of esters is 2. The average Bonchev–Trinajstić information content (AvgIpc) is 2.47. The largest absolute Gasteiger partial charge is 0.462 e. The lowest BCUT2D eigenvalue weighted by atomic mass is 10.1. The Labute approximate surface area is 120 Å². The van der Waals surface area contributed by atoms with Crippen molar-refractivity contribution in [2.75, 3.05) is 13.2 Å². The first-order valence-corrected chi connectivity index (χ1v) is 7.05. The van der Waals surface area contributed by atoms with Crippen molar-refractivity contribution in [1.29, 1.82) is 0 Å². The number of benzene rings is 1. The molecule has 20 heavy (non-hydrogen) atoms. The van der Waals surface area contributed by atoms with Crippen LogP contribution in [0.15, 0.2) is 18.2 Å². The second-order valence-electron chi connectivity index (χ2n) is 4.46. The molecule has 0 heterocycles. The van der Waals surface area contributed by atoms with E-state index in [1.54, 1.807) is 18.2 Å². The Morgan fingerprint density at radius 2 is 1.40 bits per heavy atom. The van der Waals surface area contributed by atoms with Crippen LogP contribution in [0.2, 0.25) is 0 Å². The Kier molecular flexibility index (Phi) is 7.40. The van der Waals surface area contributed by atoms with Gasteiger partial charge in [0.05, 0.1) is 24.3 Å². The van der Waals surface area contributed by atoms with Crippen molar-refractivity contribution in [3.63, 3.8) is 0 Å². The summed E-state index contributed by atoms with van der Waals surface area (Å²) < 4.78 is 10.2. The molecular formula is C16H21O4. The van der Waals surface area contributed by atoms with E-state index in [4.69, 9.17) is 9.47 Å². The standard InChI is InChI=1S/C16H21O4/c1-3-5-10-19-15(17)13-8-7-9-14(12-13)16(18)20-11-6-4-2/h7-9H,3-6,10-11H2,1-2H3. The number of hydrogen-bond acceptors (Lipinski definition) is 4. The highest BCUT2D eigenvalue weighted by Gasteiger charge is 2.12. The topological polar surface area (TPSA) is 52.6 Å². The van der Waals surface area contributed by atoms with Crippen LogP contribution < -0.4 is 0 Å². The lowest BCUT2D eigenvalue weighted by Crippen LogP contribution is -2.10. The molecule has 0 unspecified atom stereocenters. The molecule has 1 aromatic rings. The van der Waals surface area contributed by atoms with E-state index in [2.05, 4.69) is 6.07 Å². The number of rotatable bonds is 8. The zero-order valence-corrected chi connectivity index (χ0v) is 12.1. The van der Waals surface area contributed by atoms with Crippen LogP contribution in [-0.2, 0) is 9.47 Å². The van der Waals surface area contributed by atoms with Gasteiger partial charge in [0, 0.05) is 6.07 Å². The molecule has 0 amide bonds. The van der Waals surface area contributed by atoms with Gasteiger partial charge in [-0.2, -0.15) is 0 Å². The molecule has 0 saturated carbocycles. The Morgan fingerprint density at radius 3 is 1.80 bits per heavy atom. The van der Waals surface area contributed by atoms with Crippen LogP contribution in [-0.4, -0.2) is 25.2 Å². The predicted molar refractivity (Wildman–Crippen MR) is 75.7 cm³/mol. The summed E-state index contributed by atoms with van der Waals surface area (Å²) in [5.41, 5.74) is 0.511. The van der Waals surface area contributed by atoms with Gasteiger partial charge in [0.1, 0.15) is 0 Å². The van der Waals surface area contributed by atoms with Crippen LogP contribution in [0.3, 0.4) is 0 Å². The highest BCUT2D eigenvalue weighted by Crippen LogP contribution is 2.08. The van der Waals surface area contributed by atoms with Gasteiger partial charge in [-0.15, -0.1) is 0 Å². The Bertz CT molecular complexity index is 403. The van der Waals surface area contributed by atoms with Gasteiger partial charge in [-0.25, -0.2) is 9.59 Å². The van der Waals surface area contributed by atoms with Gasteiger partial charge < -0.3 is 9.47 Å². The van der Waals surface area contributed by atoms with Crippen LogP contribution in [0.25, 0.3) is 0 Å². The molecule has 0 aliphatic rings. The van der Waals surface area contributed by atoms with Crippen LogP contribution >= 0.6 is 0 Å². The van der Waals surface area contributed by atoms with Gasteiger partial charge in [0.15, 0.2) is 0 Å². The number of ether oxygens (including phenoxy) is 2. The third kappa shape index (κ3) is 5.43. The van der Waals surface area contributed by atoms with Crippen LogP contribution in [0.5, 0.6) is 0 Å². The van der Waals surface area contributed by atoms with Crippen molar-refractivity contribution in [1.82, 2.24) is 0 Å². The fourth-order valence-corrected chi connectivity index (χ4v) is 1.48. The zero-order valence-electron chi connectivity index (χ0n) is 12.1. The molecule has 0 spiro atoms. The summed E-state index contributed by atoms with van der Waals surface area (Å²) in [6, 6.07) is 7.54. The summed E-state index contributed by atoms with van der Waals surface area (Å²) in [6.07, 6.45) is 3.57. The van der Waals surface area contributed by atoms with Crippen molar-refractivity contribution < 1.29 is 19.1 Å². The first-order valence-electron chi connectivity index (χ1n) is 7.05. The molecule has 0 aromatic heterocycles. The van der Waals surface area contributed by atoms with Gasteiger partial charge in [-0.1, -0.05) is 32.8 Å². The lowest BCUT2D eigenvalue weighted by Gasteiger charge is -2.06. The van der Waals surface area contributed by atoms with E-state index in [0.717, 1.165) is 25.7 Å². The monoisotopic (exact) mass is 277 g/mol. The summed E-state index contributed by atoms with van der Waals surface area (Å²) in [5.74, 6) is -0.914. The first kappa shape index (κ1) is 16.2. The minimum atomic E-state index is -0.457. The maximum Gasteiger partial charge on any atom is 0.338 e. The molecular weight excluding hydrogens is 256 g/mol. The summed E-state index contributed by atoms with van der Waals surface area (Å²) in [5, 5.41) is 0. The molecule has 0 aliphatic heterocycles.